The fourth-order valence-electron chi connectivity index (χ4n) is 5.53. The van der Waals surface area contributed by atoms with Gasteiger partial charge >= 0.3 is 11.9 Å². The topological polar surface area (TPSA) is 90.9 Å². The first kappa shape index (κ1) is 28.2. The van der Waals surface area contributed by atoms with E-state index in [0.717, 1.165) is 29.8 Å². The number of alkyl halides is 3. The van der Waals surface area contributed by atoms with Gasteiger partial charge in [0.25, 0.3) is 0 Å². The van der Waals surface area contributed by atoms with Crippen LogP contribution in [0.15, 0.2) is 59.5 Å². The third-order valence-corrected chi connectivity index (χ3v) is 7.80. The number of nitriles is 1. The maximum absolute atomic E-state index is 13.3. The number of halogens is 3. The molecular weight excluding hydrogens is 531 g/mol. The summed E-state index contributed by atoms with van der Waals surface area (Å²) in [5.74, 6) is 0.422. The monoisotopic (exact) mass is 561 g/mol. The molecule has 8 nitrogen and oxygen atoms in total. The number of hydrogen-bond donors (Lipinski definition) is 0. The summed E-state index contributed by atoms with van der Waals surface area (Å²) in [6.45, 7) is 7.08. The number of nitrogens with zero attached hydrogens (tertiary/aromatic N) is 7. The summed E-state index contributed by atoms with van der Waals surface area (Å²) in [6.07, 6.45) is -2.85. The van der Waals surface area contributed by atoms with Gasteiger partial charge in [-0.2, -0.15) is 23.4 Å². The Hall–Kier alpha value is -4.30. The van der Waals surface area contributed by atoms with Crippen molar-refractivity contribution >= 4 is 16.9 Å². The van der Waals surface area contributed by atoms with Gasteiger partial charge in [-0.05, 0) is 50.1 Å². The molecule has 0 saturated carbocycles. The van der Waals surface area contributed by atoms with Gasteiger partial charge in [-0.25, -0.2) is 9.78 Å². The molecule has 1 aromatic carbocycles. The minimum Gasteiger partial charge on any atom is -0.349 e. The predicted molar refractivity (Wildman–Crippen MR) is 149 cm³/mol. The molecule has 5 rings (SSSR count). The zero-order valence-corrected chi connectivity index (χ0v) is 23.2. The molecule has 0 radical (unpaired) electrons. The van der Waals surface area contributed by atoms with Crippen LogP contribution in [0.3, 0.4) is 0 Å². The number of hydrogen-bond acceptors (Lipinski definition) is 7. The van der Waals surface area contributed by atoms with Crippen molar-refractivity contribution in [3.63, 3.8) is 0 Å². The van der Waals surface area contributed by atoms with Crippen molar-refractivity contribution in [3.8, 4) is 6.07 Å². The summed E-state index contributed by atoms with van der Waals surface area (Å²) < 4.78 is 41.4. The number of benzene rings is 1. The summed E-state index contributed by atoms with van der Waals surface area (Å²) >= 11 is 0. The minimum absolute atomic E-state index is 0.0540. The van der Waals surface area contributed by atoms with Crippen LogP contribution in [0.4, 0.5) is 19.0 Å². The number of aromatic nitrogens is 4. The first-order valence-electron chi connectivity index (χ1n) is 13.4. The lowest BCUT2D eigenvalue weighted by atomic mass is 9.94. The van der Waals surface area contributed by atoms with E-state index in [4.69, 9.17) is 0 Å². The highest BCUT2D eigenvalue weighted by atomic mass is 19.4. The van der Waals surface area contributed by atoms with Crippen molar-refractivity contribution in [3.05, 3.63) is 93.3 Å². The molecule has 41 heavy (non-hydrogen) atoms. The third-order valence-electron chi connectivity index (χ3n) is 7.80. The molecule has 1 fully saturated rings. The van der Waals surface area contributed by atoms with Crippen LogP contribution in [0.2, 0.25) is 0 Å². The summed E-state index contributed by atoms with van der Waals surface area (Å²) in [7, 11) is 1.62. The Labute approximate surface area is 235 Å². The van der Waals surface area contributed by atoms with Crippen molar-refractivity contribution in [1.29, 1.82) is 5.26 Å². The summed E-state index contributed by atoms with van der Waals surface area (Å²) in [5, 5.41) is 9.46. The first-order chi connectivity index (χ1) is 19.5. The average molecular weight is 562 g/mol. The highest BCUT2D eigenvalue weighted by molar-refractivity contribution is 5.86. The van der Waals surface area contributed by atoms with E-state index in [1.54, 1.807) is 19.2 Å². The smallest absolute Gasteiger partial charge is 0.349 e. The zero-order valence-electron chi connectivity index (χ0n) is 23.2. The van der Waals surface area contributed by atoms with Crippen LogP contribution < -0.4 is 10.6 Å². The van der Waals surface area contributed by atoms with E-state index in [0.29, 0.717) is 35.6 Å². The second kappa shape index (κ2) is 10.9. The lowest BCUT2D eigenvalue weighted by Crippen LogP contribution is -2.59. The molecule has 3 atom stereocenters. The Morgan fingerprint density at radius 3 is 2.41 bits per heavy atom. The van der Waals surface area contributed by atoms with Gasteiger partial charge < -0.3 is 4.90 Å². The molecule has 4 aromatic rings. The molecule has 3 aromatic heterocycles. The average Bonchev–Trinajstić information content (AvgIpc) is 2.96. The first-order valence-corrected chi connectivity index (χ1v) is 13.4. The molecular formula is C30H30F3N7O. The van der Waals surface area contributed by atoms with E-state index in [-0.39, 0.29) is 23.8 Å². The van der Waals surface area contributed by atoms with Gasteiger partial charge in [0.05, 0.1) is 22.8 Å². The van der Waals surface area contributed by atoms with Crippen molar-refractivity contribution < 1.29 is 13.2 Å². The van der Waals surface area contributed by atoms with E-state index in [1.807, 2.05) is 38.1 Å². The summed E-state index contributed by atoms with van der Waals surface area (Å²) in [4.78, 5) is 30.3. The Kier molecular flexibility index (Phi) is 7.53. The largest absolute Gasteiger partial charge is 0.417 e. The molecule has 0 amide bonds. The van der Waals surface area contributed by atoms with Gasteiger partial charge in [-0.15, -0.1) is 0 Å². The van der Waals surface area contributed by atoms with E-state index in [1.165, 1.54) is 10.6 Å². The fraction of sp³-hybridized carbons (Fsp3) is 0.367. The van der Waals surface area contributed by atoms with Crippen LogP contribution in [-0.2, 0) is 13.2 Å². The second-order valence-electron chi connectivity index (χ2n) is 10.5. The van der Waals surface area contributed by atoms with Gasteiger partial charge in [0.2, 0.25) is 0 Å². The quantitative estimate of drug-likeness (QED) is 0.339. The number of rotatable bonds is 5. The van der Waals surface area contributed by atoms with Gasteiger partial charge in [0, 0.05) is 38.4 Å². The molecule has 1 aliphatic heterocycles. The van der Waals surface area contributed by atoms with E-state index >= 15 is 0 Å². The van der Waals surface area contributed by atoms with Crippen LogP contribution in [0, 0.1) is 18.3 Å². The van der Waals surface area contributed by atoms with Crippen molar-refractivity contribution in [1.82, 2.24) is 24.4 Å². The zero-order chi connectivity index (χ0) is 29.5. The Bertz CT molecular complexity index is 1660. The van der Waals surface area contributed by atoms with E-state index in [9.17, 15) is 23.2 Å². The maximum atomic E-state index is 13.3. The lowest BCUT2D eigenvalue weighted by Gasteiger charge is -2.48. The fourth-order valence-corrected chi connectivity index (χ4v) is 5.53. The standard InChI is InChI=1S/C30H30F3N7O/c1-5-23-17-39(28-26-25(38(4)29(41)37-28)13-11-22(14-34)36-26)19(3)16-40(23)27(20-8-6-18(2)7-9-20)24-12-10-21(15-35-24)30(31,32)33/h6-13,15,19,23,27H,5,16-17H2,1-4H3. The van der Waals surface area contributed by atoms with Crippen LogP contribution in [0.1, 0.15) is 54.4 Å². The molecule has 1 aliphatic rings. The Morgan fingerprint density at radius 2 is 1.80 bits per heavy atom. The number of piperazine rings is 1. The highest BCUT2D eigenvalue weighted by Crippen LogP contribution is 2.37. The molecule has 0 spiro atoms. The van der Waals surface area contributed by atoms with Crippen molar-refractivity contribution in [2.24, 2.45) is 7.05 Å². The van der Waals surface area contributed by atoms with Crippen LogP contribution in [-0.4, -0.2) is 49.6 Å². The molecule has 212 valence electrons. The summed E-state index contributed by atoms with van der Waals surface area (Å²) in [6, 6.07) is 15.3. The Balaban J connectivity index is 1.57. The van der Waals surface area contributed by atoms with Crippen LogP contribution >= 0.6 is 0 Å². The van der Waals surface area contributed by atoms with Gasteiger partial charge in [-0.3, -0.25) is 14.5 Å². The van der Waals surface area contributed by atoms with Gasteiger partial charge in [-0.1, -0.05) is 36.8 Å². The van der Waals surface area contributed by atoms with E-state index < -0.39 is 17.4 Å². The molecule has 1 saturated heterocycles. The minimum atomic E-state index is -4.47. The molecule has 11 heteroatoms. The predicted octanol–water partition coefficient (Wildman–Crippen LogP) is 5.00. The van der Waals surface area contributed by atoms with E-state index in [2.05, 4.69) is 37.7 Å². The highest BCUT2D eigenvalue weighted by Gasteiger charge is 2.39. The molecule has 0 aliphatic carbocycles. The maximum Gasteiger partial charge on any atom is 0.417 e. The van der Waals surface area contributed by atoms with Crippen LogP contribution in [0.5, 0.6) is 0 Å². The lowest BCUT2D eigenvalue weighted by molar-refractivity contribution is -0.137. The molecule has 0 N–H and O–H groups in total. The van der Waals surface area contributed by atoms with Crippen molar-refractivity contribution in [2.75, 3.05) is 18.0 Å². The Morgan fingerprint density at radius 1 is 1.07 bits per heavy atom. The number of pyridine rings is 2. The molecule has 0 bridgehead atoms. The van der Waals surface area contributed by atoms with Crippen molar-refractivity contribution in [2.45, 2.75) is 51.5 Å². The molecule has 4 heterocycles. The third kappa shape index (κ3) is 5.39. The summed E-state index contributed by atoms with van der Waals surface area (Å²) in [5.41, 5.74) is 2.60. The SMILES string of the molecule is CCC1CN(c2nc(=O)n(C)c3ccc(C#N)nc23)C(C)CN1C(c1ccc(C)cc1)c1ccc(C(F)(F)F)cn1. The number of anilines is 1. The second-order valence-corrected chi connectivity index (χ2v) is 10.5. The normalized spacial score (nSPS) is 18.8. The van der Waals surface area contributed by atoms with Gasteiger partial charge in [0.1, 0.15) is 17.3 Å². The molecule has 3 unspecified atom stereocenters. The number of aryl methyl sites for hydroxylation is 2. The number of fused-ring (bicyclic) bond motifs is 1. The van der Waals surface area contributed by atoms with Gasteiger partial charge in [0.15, 0.2) is 5.82 Å². The van der Waals surface area contributed by atoms with Crippen LogP contribution in [0.25, 0.3) is 11.0 Å².